The van der Waals surface area contributed by atoms with Crippen LogP contribution in [0.25, 0.3) is 0 Å². The molecule has 0 aromatic heterocycles. The fourth-order valence-corrected chi connectivity index (χ4v) is 2.20. The van der Waals surface area contributed by atoms with Crippen molar-refractivity contribution >= 4 is 11.6 Å². The lowest BCUT2D eigenvalue weighted by atomic mass is 10.0. The summed E-state index contributed by atoms with van der Waals surface area (Å²) in [7, 11) is 1.64. The number of methoxy groups -OCH3 is 1. The van der Waals surface area contributed by atoms with Gasteiger partial charge in [-0.1, -0.05) is 18.5 Å². The molecule has 0 saturated heterocycles. The SMILES string of the molecule is CCC(N)Cc1cc(Cl)ccc1Oc1ccc(OC)cc1. The van der Waals surface area contributed by atoms with Gasteiger partial charge in [0.2, 0.25) is 0 Å². The largest absolute Gasteiger partial charge is 0.497 e. The molecule has 1 unspecified atom stereocenters. The van der Waals surface area contributed by atoms with Crippen LogP contribution < -0.4 is 15.2 Å². The number of nitrogens with two attached hydrogens (primary N) is 1. The smallest absolute Gasteiger partial charge is 0.130 e. The average molecular weight is 306 g/mol. The fraction of sp³-hybridized carbons (Fsp3) is 0.294. The quantitative estimate of drug-likeness (QED) is 0.859. The van der Waals surface area contributed by atoms with Crippen molar-refractivity contribution in [1.29, 1.82) is 0 Å². The number of rotatable bonds is 6. The topological polar surface area (TPSA) is 44.5 Å². The molecular weight excluding hydrogens is 286 g/mol. The Bertz CT molecular complexity index is 584. The van der Waals surface area contributed by atoms with E-state index in [4.69, 9.17) is 26.8 Å². The Labute approximate surface area is 130 Å². The van der Waals surface area contributed by atoms with Crippen molar-refractivity contribution in [2.24, 2.45) is 5.73 Å². The van der Waals surface area contributed by atoms with Crippen LogP contribution in [0.4, 0.5) is 0 Å². The summed E-state index contributed by atoms with van der Waals surface area (Å²) >= 11 is 6.07. The van der Waals surface area contributed by atoms with E-state index in [0.29, 0.717) is 5.02 Å². The molecule has 0 amide bonds. The van der Waals surface area contributed by atoms with Crippen LogP contribution in [0, 0.1) is 0 Å². The second-order valence-electron chi connectivity index (χ2n) is 4.90. The zero-order chi connectivity index (χ0) is 15.2. The number of hydrogen-bond donors (Lipinski definition) is 1. The number of ether oxygens (including phenoxy) is 2. The Kier molecular flexibility index (Phi) is 5.48. The van der Waals surface area contributed by atoms with E-state index in [9.17, 15) is 0 Å². The summed E-state index contributed by atoms with van der Waals surface area (Å²) in [6.07, 6.45) is 1.65. The maximum atomic E-state index is 6.07. The third kappa shape index (κ3) is 4.38. The van der Waals surface area contributed by atoms with Gasteiger partial charge in [-0.15, -0.1) is 0 Å². The Morgan fingerprint density at radius 3 is 2.38 bits per heavy atom. The van der Waals surface area contributed by atoms with Crippen molar-refractivity contribution in [2.75, 3.05) is 7.11 Å². The molecule has 0 spiro atoms. The van der Waals surface area contributed by atoms with E-state index in [0.717, 1.165) is 35.7 Å². The lowest BCUT2D eigenvalue weighted by Gasteiger charge is -2.15. The number of benzene rings is 2. The molecule has 4 heteroatoms. The maximum Gasteiger partial charge on any atom is 0.130 e. The predicted octanol–water partition coefficient (Wildman–Crippen LogP) is 4.42. The van der Waals surface area contributed by atoms with Gasteiger partial charge < -0.3 is 15.2 Å². The summed E-state index contributed by atoms with van der Waals surface area (Å²) in [5, 5.41) is 0.690. The van der Waals surface area contributed by atoms with Crippen molar-refractivity contribution in [3.8, 4) is 17.2 Å². The van der Waals surface area contributed by atoms with Crippen LogP contribution in [-0.4, -0.2) is 13.2 Å². The molecule has 0 heterocycles. The van der Waals surface area contributed by atoms with Crippen LogP contribution >= 0.6 is 11.6 Å². The molecule has 2 N–H and O–H groups in total. The van der Waals surface area contributed by atoms with Crippen molar-refractivity contribution in [1.82, 2.24) is 0 Å². The highest BCUT2D eigenvalue weighted by Crippen LogP contribution is 2.29. The molecule has 0 saturated carbocycles. The fourth-order valence-electron chi connectivity index (χ4n) is 2.00. The van der Waals surface area contributed by atoms with Crippen molar-refractivity contribution in [2.45, 2.75) is 25.8 Å². The molecule has 2 aromatic carbocycles. The molecule has 0 aliphatic rings. The minimum Gasteiger partial charge on any atom is -0.497 e. The highest BCUT2D eigenvalue weighted by atomic mass is 35.5. The highest BCUT2D eigenvalue weighted by Gasteiger charge is 2.10. The second kappa shape index (κ2) is 7.34. The van der Waals surface area contributed by atoms with Gasteiger partial charge in [-0.25, -0.2) is 0 Å². The molecule has 1 atom stereocenters. The molecule has 0 aliphatic heterocycles. The van der Waals surface area contributed by atoms with Gasteiger partial charge in [0.1, 0.15) is 17.2 Å². The van der Waals surface area contributed by atoms with Gasteiger partial charge in [0.25, 0.3) is 0 Å². The van der Waals surface area contributed by atoms with Gasteiger partial charge in [0.15, 0.2) is 0 Å². The summed E-state index contributed by atoms with van der Waals surface area (Å²) in [6, 6.07) is 13.2. The van der Waals surface area contributed by atoms with E-state index in [1.807, 2.05) is 42.5 Å². The standard InChI is InChI=1S/C17H20ClNO2/c1-3-14(19)11-12-10-13(18)4-9-17(12)21-16-7-5-15(20-2)6-8-16/h4-10,14H,3,11,19H2,1-2H3. The summed E-state index contributed by atoms with van der Waals surface area (Å²) in [5.41, 5.74) is 7.06. The Hall–Kier alpha value is -1.71. The lowest BCUT2D eigenvalue weighted by Crippen LogP contribution is -2.21. The molecule has 0 bridgehead atoms. The van der Waals surface area contributed by atoms with E-state index < -0.39 is 0 Å². The molecule has 0 aliphatic carbocycles. The van der Waals surface area contributed by atoms with Crippen LogP contribution in [0.1, 0.15) is 18.9 Å². The molecule has 2 aromatic rings. The van der Waals surface area contributed by atoms with E-state index >= 15 is 0 Å². The van der Waals surface area contributed by atoms with E-state index in [2.05, 4.69) is 6.92 Å². The molecule has 3 nitrogen and oxygen atoms in total. The Morgan fingerprint density at radius 2 is 1.76 bits per heavy atom. The van der Waals surface area contributed by atoms with Gasteiger partial charge >= 0.3 is 0 Å². The van der Waals surface area contributed by atoms with E-state index in [-0.39, 0.29) is 6.04 Å². The summed E-state index contributed by atoms with van der Waals surface area (Å²) in [4.78, 5) is 0. The molecule has 112 valence electrons. The van der Waals surface area contributed by atoms with Gasteiger partial charge in [-0.05, 0) is 60.9 Å². The summed E-state index contributed by atoms with van der Waals surface area (Å²) in [5.74, 6) is 2.34. The summed E-state index contributed by atoms with van der Waals surface area (Å²) < 4.78 is 11.1. The van der Waals surface area contributed by atoms with Crippen LogP contribution in [0.2, 0.25) is 5.02 Å². The van der Waals surface area contributed by atoms with E-state index in [1.54, 1.807) is 7.11 Å². The van der Waals surface area contributed by atoms with Gasteiger partial charge in [0, 0.05) is 11.1 Å². The average Bonchev–Trinajstić information content (AvgIpc) is 2.50. The first-order chi connectivity index (χ1) is 10.1. The van der Waals surface area contributed by atoms with Crippen molar-refractivity contribution in [3.05, 3.63) is 53.1 Å². The van der Waals surface area contributed by atoms with Crippen molar-refractivity contribution in [3.63, 3.8) is 0 Å². The molecule has 0 fully saturated rings. The number of hydrogen-bond acceptors (Lipinski definition) is 3. The Balaban J connectivity index is 2.21. The third-order valence-electron chi connectivity index (χ3n) is 3.32. The van der Waals surface area contributed by atoms with Gasteiger partial charge in [0.05, 0.1) is 7.11 Å². The first-order valence-corrected chi connectivity index (χ1v) is 7.36. The minimum absolute atomic E-state index is 0.0988. The lowest BCUT2D eigenvalue weighted by molar-refractivity contribution is 0.412. The van der Waals surface area contributed by atoms with Crippen molar-refractivity contribution < 1.29 is 9.47 Å². The molecular formula is C17H20ClNO2. The van der Waals surface area contributed by atoms with Crippen LogP contribution in [0.3, 0.4) is 0 Å². The zero-order valence-electron chi connectivity index (χ0n) is 12.3. The summed E-state index contributed by atoms with van der Waals surface area (Å²) in [6.45, 7) is 2.07. The van der Waals surface area contributed by atoms with Crippen LogP contribution in [-0.2, 0) is 6.42 Å². The van der Waals surface area contributed by atoms with Crippen LogP contribution in [0.5, 0.6) is 17.2 Å². The highest BCUT2D eigenvalue weighted by molar-refractivity contribution is 6.30. The third-order valence-corrected chi connectivity index (χ3v) is 3.55. The van der Waals surface area contributed by atoms with Gasteiger partial charge in [-0.2, -0.15) is 0 Å². The maximum absolute atomic E-state index is 6.07. The van der Waals surface area contributed by atoms with Gasteiger partial charge in [-0.3, -0.25) is 0 Å². The molecule has 0 radical (unpaired) electrons. The Morgan fingerprint density at radius 1 is 1.10 bits per heavy atom. The zero-order valence-corrected chi connectivity index (χ0v) is 13.1. The monoisotopic (exact) mass is 305 g/mol. The molecule has 2 rings (SSSR count). The predicted molar refractivity (Wildman–Crippen MR) is 86.5 cm³/mol. The molecule has 21 heavy (non-hydrogen) atoms. The minimum atomic E-state index is 0.0988. The first-order valence-electron chi connectivity index (χ1n) is 6.98. The normalized spacial score (nSPS) is 12.0. The second-order valence-corrected chi connectivity index (χ2v) is 5.34. The van der Waals surface area contributed by atoms with Crippen LogP contribution in [0.15, 0.2) is 42.5 Å². The first kappa shape index (κ1) is 15.7. The van der Waals surface area contributed by atoms with E-state index in [1.165, 1.54) is 0 Å². The number of halogens is 1.